The van der Waals surface area contributed by atoms with Gasteiger partial charge in [0.2, 0.25) is 0 Å². The second-order valence-electron chi connectivity index (χ2n) is 2.96. The molecule has 0 aliphatic rings. The molecule has 0 heterocycles. The molecule has 0 fully saturated rings. The molecule has 1 aromatic rings. The molecule has 0 radical (unpaired) electrons. The Hall–Kier alpha value is -1.57. The monoisotopic (exact) mass is 175 g/mol. The third-order valence-electron chi connectivity index (χ3n) is 2.02. The third-order valence-corrected chi connectivity index (χ3v) is 2.02. The number of ketones is 1. The van der Waals surface area contributed by atoms with Gasteiger partial charge in [0.15, 0.2) is 5.78 Å². The number of hydrogen-bond donors (Lipinski definition) is 1. The smallest absolute Gasteiger partial charge is 0.157 e. The van der Waals surface area contributed by atoms with Crippen LogP contribution in [0.4, 0.5) is 0 Å². The molecule has 0 aromatic heterocycles. The van der Waals surface area contributed by atoms with Gasteiger partial charge in [0.05, 0.1) is 0 Å². The summed E-state index contributed by atoms with van der Waals surface area (Å²) in [7, 11) is 0. The summed E-state index contributed by atoms with van der Waals surface area (Å²) in [5.74, 6) is 0.0151. The fraction of sp³-hybridized carbons (Fsp3) is 0.182. The number of allylic oxidation sites excluding steroid dienone is 1. The van der Waals surface area contributed by atoms with Gasteiger partial charge in [-0.05, 0) is 19.4 Å². The van der Waals surface area contributed by atoms with Crippen LogP contribution in [0.2, 0.25) is 0 Å². The topological polar surface area (TPSA) is 43.1 Å². The van der Waals surface area contributed by atoms with Crippen molar-refractivity contribution in [1.29, 1.82) is 0 Å². The highest BCUT2D eigenvalue weighted by Gasteiger charge is 2.04. The fourth-order valence-corrected chi connectivity index (χ4v) is 1.02. The van der Waals surface area contributed by atoms with Crippen LogP contribution in [0.5, 0.6) is 0 Å². The maximum absolute atomic E-state index is 11.0. The van der Waals surface area contributed by atoms with Gasteiger partial charge in [0.25, 0.3) is 0 Å². The first-order valence-corrected chi connectivity index (χ1v) is 4.15. The zero-order valence-corrected chi connectivity index (χ0v) is 7.87. The van der Waals surface area contributed by atoms with Crippen LogP contribution in [0, 0.1) is 0 Å². The van der Waals surface area contributed by atoms with E-state index in [1.807, 2.05) is 30.3 Å². The van der Waals surface area contributed by atoms with Crippen molar-refractivity contribution in [2.24, 2.45) is 5.73 Å². The van der Waals surface area contributed by atoms with Gasteiger partial charge in [-0.1, -0.05) is 30.3 Å². The van der Waals surface area contributed by atoms with Gasteiger partial charge in [-0.25, -0.2) is 0 Å². The summed E-state index contributed by atoms with van der Waals surface area (Å²) in [5.41, 5.74) is 7.88. The maximum atomic E-state index is 11.0. The predicted molar refractivity (Wildman–Crippen MR) is 53.9 cm³/mol. The van der Waals surface area contributed by atoms with Crippen LogP contribution in [-0.4, -0.2) is 5.78 Å². The van der Waals surface area contributed by atoms with Crippen molar-refractivity contribution in [2.75, 3.05) is 0 Å². The molecule has 0 aliphatic carbocycles. The lowest BCUT2D eigenvalue weighted by Gasteiger charge is -2.04. The molecule has 1 rings (SSSR count). The first kappa shape index (κ1) is 9.52. The van der Waals surface area contributed by atoms with E-state index >= 15 is 0 Å². The number of hydrogen-bond acceptors (Lipinski definition) is 2. The zero-order valence-electron chi connectivity index (χ0n) is 7.87. The molecule has 0 aliphatic heterocycles. The number of nitrogens with two attached hydrogens (primary N) is 1. The summed E-state index contributed by atoms with van der Waals surface area (Å²) in [6.45, 7) is 3.26. The lowest BCUT2D eigenvalue weighted by atomic mass is 10.1. The lowest BCUT2D eigenvalue weighted by Crippen LogP contribution is -2.04. The summed E-state index contributed by atoms with van der Waals surface area (Å²) in [4.78, 5) is 11.0. The van der Waals surface area contributed by atoms with Crippen molar-refractivity contribution in [1.82, 2.24) is 0 Å². The van der Waals surface area contributed by atoms with Crippen LogP contribution in [0.1, 0.15) is 19.4 Å². The summed E-state index contributed by atoms with van der Waals surface area (Å²) < 4.78 is 0. The average molecular weight is 175 g/mol. The van der Waals surface area contributed by atoms with Crippen molar-refractivity contribution < 1.29 is 4.79 Å². The highest BCUT2D eigenvalue weighted by Crippen LogP contribution is 2.12. The quantitative estimate of drug-likeness (QED) is 0.698. The molecule has 0 saturated carbocycles. The molecule has 0 amide bonds. The first-order chi connectivity index (χ1) is 6.13. The number of rotatable bonds is 2. The Morgan fingerprint density at radius 1 is 1.15 bits per heavy atom. The highest BCUT2D eigenvalue weighted by atomic mass is 16.1. The van der Waals surface area contributed by atoms with E-state index in [9.17, 15) is 4.79 Å². The van der Waals surface area contributed by atoms with Crippen LogP contribution < -0.4 is 5.73 Å². The molecule has 0 atom stereocenters. The summed E-state index contributed by atoms with van der Waals surface area (Å²) in [6.07, 6.45) is 0. The van der Waals surface area contributed by atoms with E-state index in [4.69, 9.17) is 5.73 Å². The molecule has 0 spiro atoms. The number of carbonyl (C=O) groups is 1. The molecular weight excluding hydrogens is 162 g/mol. The standard InChI is InChI=1S/C11H13NO/c1-8(9(2)13)11(12)10-6-4-3-5-7-10/h3-7H,12H2,1-2H3/b11-8-. The van der Waals surface area contributed by atoms with Crippen LogP contribution in [0.15, 0.2) is 35.9 Å². The van der Waals surface area contributed by atoms with E-state index in [1.165, 1.54) is 6.92 Å². The molecule has 2 heteroatoms. The highest BCUT2D eigenvalue weighted by molar-refractivity contribution is 5.99. The van der Waals surface area contributed by atoms with Gasteiger partial charge in [0, 0.05) is 11.3 Å². The Bertz CT molecular complexity index is 338. The Labute approximate surface area is 78.1 Å². The second kappa shape index (κ2) is 3.90. The van der Waals surface area contributed by atoms with Crippen LogP contribution in [0.3, 0.4) is 0 Å². The minimum Gasteiger partial charge on any atom is -0.398 e. The number of benzene rings is 1. The Kier molecular flexibility index (Phi) is 2.85. The third kappa shape index (κ3) is 2.18. The van der Waals surface area contributed by atoms with Crippen molar-refractivity contribution in [3.05, 3.63) is 41.5 Å². The van der Waals surface area contributed by atoms with Crippen molar-refractivity contribution in [3.63, 3.8) is 0 Å². The second-order valence-corrected chi connectivity index (χ2v) is 2.96. The van der Waals surface area contributed by atoms with E-state index in [0.717, 1.165) is 5.56 Å². The molecule has 2 N–H and O–H groups in total. The summed E-state index contributed by atoms with van der Waals surface area (Å²) >= 11 is 0. The van der Waals surface area contributed by atoms with Gasteiger partial charge in [-0.3, -0.25) is 4.79 Å². The molecule has 13 heavy (non-hydrogen) atoms. The van der Waals surface area contributed by atoms with Crippen LogP contribution >= 0.6 is 0 Å². The van der Waals surface area contributed by atoms with Crippen LogP contribution in [-0.2, 0) is 4.79 Å². The van der Waals surface area contributed by atoms with Crippen molar-refractivity contribution >= 4 is 11.5 Å². The minimum atomic E-state index is 0.0151. The van der Waals surface area contributed by atoms with Gasteiger partial charge in [0.1, 0.15) is 0 Å². The van der Waals surface area contributed by atoms with E-state index in [-0.39, 0.29) is 5.78 Å². The molecular formula is C11H13NO. The predicted octanol–water partition coefficient (Wildman–Crippen LogP) is 1.97. The van der Waals surface area contributed by atoms with Gasteiger partial charge >= 0.3 is 0 Å². The van der Waals surface area contributed by atoms with E-state index in [1.54, 1.807) is 6.92 Å². The molecule has 68 valence electrons. The largest absolute Gasteiger partial charge is 0.398 e. The van der Waals surface area contributed by atoms with E-state index in [0.29, 0.717) is 11.3 Å². The van der Waals surface area contributed by atoms with Gasteiger partial charge < -0.3 is 5.73 Å². The summed E-state index contributed by atoms with van der Waals surface area (Å²) in [5, 5.41) is 0. The normalized spacial score (nSPS) is 12.2. The Morgan fingerprint density at radius 2 is 1.69 bits per heavy atom. The van der Waals surface area contributed by atoms with Crippen molar-refractivity contribution in [3.8, 4) is 0 Å². The Balaban J connectivity index is 3.11. The average Bonchev–Trinajstić information content (AvgIpc) is 2.17. The van der Waals surface area contributed by atoms with E-state index < -0.39 is 0 Å². The summed E-state index contributed by atoms with van der Waals surface area (Å²) in [6, 6.07) is 9.49. The molecule has 0 saturated heterocycles. The minimum absolute atomic E-state index is 0.0151. The first-order valence-electron chi connectivity index (χ1n) is 4.15. The van der Waals surface area contributed by atoms with Gasteiger partial charge in [-0.2, -0.15) is 0 Å². The SMILES string of the molecule is CC(=O)/C(C)=C(\N)c1ccccc1. The zero-order chi connectivity index (χ0) is 9.84. The Morgan fingerprint density at radius 3 is 2.15 bits per heavy atom. The molecule has 0 unspecified atom stereocenters. The molecule has 0 bridgehead atoms. The fourth-order valence-electron chi connectivity index (χ4n) is 1.02. The molecule has 2 nitrogen and oxygen atoms in total. The van der Waals surface area contributed by atoms with Gasteiger partial charge in [-0.15, -0.1) is 0 Å². The van der Waals surface area contributed by atoms with Crippen LogP contribution in [0.25, 0.3) is 5.70 Å². The molecule has 1 aromatic carbocycles. The maximum Gasteiger partial charge on any atom is 0.157 e. The lowest BCUT2D eigenvalue weighted by molar-refractivity contribution is -0.113. The van der Waals surface area contributed by atoms with Crippen molar-refractivity contribution in [2.45, 2.75) is 13.8 Å². The van der Waals surface area contributed by atoms with E-state index in [2.05, 4.69) is 0 Å². The number of Topliss-reactive ketones (excluding diaryl/α,β-unsaturated/α-hetero) is 1. The number of carbonyl (C=O) groups excluding carboxylic acids is 1.